The van der Waals surface area contributed by atoms with Crippen LogP contribution in [-0.2, 0) is 0 Å². The van der Waals surface area contributed by atoms with Gasteiger partial charge in [0.1, 0.15) is 0 Å². The van der Waals surface area contributed by atoms with Crippen LogP contribution in [0.2, 0.25) is 0 Å². The highest BCUT2D eigenvalue weighted by Gasteiger charge is 2.19. The maximum Gasteiger partial charge on any atom is 0.208 e. The van der Waals surface area contributed by atoms with Crippen molar-refractivity contribution in [1.29, 1.82) is 0 Å². The normalized spacial score (nSPS) is 12.3. The second-order valence-corrected chi connectivity index (χ2v) is 5.22. The maximum absolute atomic E-state index is 5.66. The lowest BCUT2D eigenvalue weighted by molar-refractivity contribution is 0.258. The average Bonchev–Trinajstić information content (AvgIpc) is 2.35. The molecule has 18 heavy (non-hydrogen) atoms. The molecule has 0 heterocycles. The second kappa shape index (κ2) is 10.2. The van der Waals surface area contributed by atoms with Gasteiger partial charge in [-0.3, -0.25) is 10.4 Å². The van der Waals surface area contributed by atoms with Crippen LogP contribution in [0, 0.1) is 5.92 Å². The van der Waals surface area contributed by atoms with Gasteiger partial charge in [-0.15, -0.1) is 0 Å². The van der Waals surface area contributed by atoms with E-state index in [4.69, 9.17) is 5.84 Å². The van der Waals surface area contributed by atoms with Crippen molar-refractivity contribution >= 4 is 5.96 Å². The number of guanidine groups is 1. The van der Waals surface area contributed by atoms with Crippen molar-refractivity contribution in [2.45, 2.75) is 66.3 Å². The van der Waals surface area contributed by atoms with Gasteiger partial charge in [0.25, 0.3) is 0 Å². The zero-order valence-electron chi connectivity index (χ0n) is 12.9. The molecule has 0 aromatic heterocycles. The predicted octanol–water partition coefficient (Wildman–Crippen LogP) is 2.75. The van der Waals surface area contributed by atoms with Gasteiger partial charge in [0, 0.05) is 19.1 Å². The molecule has 0 aliphatic rings. The monoisotopic (exact) mass is 256 g/mol. The van der Waals surface area contributed by atoms with E-state index < -0.39 is 0 Å². The van der Waals surface area contributed by atoms with Crippen molar-refractivity contribution in [3.63, 3.8) is 0 Å². The third kappa shape index (κ3) is 6.24. The van der Waals surface area contributed by atoms with Crippen molar-refractivity contribution in [3.8, 4) is 0 Å². The van der Waals surface area contributed by atoms with E-state index in [0.717, 1.165) is 44.7 Å². The molecular weight excluding hydrogens is 224 g/mol. The molecular formula is C14H32N4. The number of nitrogens with one attached hydrogen (secondary N) is 1. The van der Waals surface area contributed by atoms with Crippen molar-refractivity contribution < 1.29 is 0 Å². The predicted molar refractivity (Wildman–Crippen MR) is 80.4 cm³/mol. The van der Waals surface area contributed by atoms with Crippen LogP contribution in [0.25, 0.3) is 0 Å². The van der Waals surface area contributed by atoms with Gasteiger partial charge < -0.3 is 4.90 Å². The van der Waals surface area contributed by atoms with Gasteiger partial charge in [-0.2, -0.15) is 0 Å². The molecule has 0 rings (SSSR count). The Morgan fingerprint density at radius 1 is 1.22 bits per heavy atom. The molecule has 4 heteroatoms. The van der Waals surface area contributed by atoms with Gasteiger partial charge in [0.2, 0.25) is 5.96 Å². The molecule has 0 saturated heterocycles. The topological polar surface area (TPSA) is 53.6 Å². The highest BCUT2D eigenvalue weighted by Crippen LogP contribution is 2.11. The molecule has 108 valence electrons. The summed E-state index contributed by atoms with van der Waals surface area (Å²) in [6.45, 7) is 12.9. The lowest BCUT2D eigenvalue weighted by Crippen LogP contribution is -2.50. The highest BCUT2D eigenvalue weighted by molar-refractivity contribution is 5.79. The zero-order valence-corrected chi connectivity index (χ0v) is 12.9. The van der Waals surface area contributed by atoms with Gasteiger partial charge in [0.05, 0.1) is 0 Å². The molecule has 0 atom stereocenters. The molecule has 0 amide bonds. The quantitative estimate of drug-likeness (QED) is 0.231. The van der Waals surface area contributed by atoms with E-state index in [-0.39, 0.29) is 0 Å². The summed E-state index contributed by atoms with van der Waals surface area (Å²) in [6, 6.07) is 0.517. The Bertz CT molecular complexity index is 222. The minimum absolute atomic E-state index is 0.517. The molecule has 0 radical (unpaired) electrons. The van der Waals surface area contributed by atoms with Crippen molar-refractivity contribution in [2.24, 2.45) is 16.8 Å². The highest BCUT2D eigenvalue weighted by atomic mass is 15.4. The number of aliphatic imine (C=N–C) groups is 1. The maximum atomic E-state index is 5.66. The van der Waals surface area contributed by atoms with E-state index in [0.29, 0.717) is 12.0 Å². The van der Waals surface area contributed by atoms with Gasteiger partial charge in [-0.1, -0.05) is 41.0 Å². The van der Waals surface area contributed by atoms with Gasteiger partial charge in [-0.05, 0) is 25.2 Å². The molecule has 4 nitrogen and oxygen atoms in total. The molecule has 0 bridgehead atoms. The second-order valence-electron chi connectivity index (χ2n) is 5.22. The Morgan fingerprint density at radius 3 is 2.22 bits per heavy atom. The molecule has 0 unspecified atom stereocenters. The van der Waals surface area contributed by atoms with Gasteiger partial charge in [-0.25, -0.2) is 5.84 Å². The minimum Gasteiger partial charge on any atom is -0.339 e. The van der Waals surface area contributed by atoms with E-state index in [1.807, 2.05) is 0 Å². The minimum atomic E-state index is 0.517. The fourth-order valence-electron chi connectivity index (χ4n) is 2.09. The number of nitrogens with two attached hydrogens (primary N) is 1. The Labute approximate surface area is 113 Å². The summed E-state index contributed by atoms with van der Waals surface area (Å²) in [7, 11) is 0. The summed E-state index contributed by atoms with van der Waals surface area (Å²) in [4.78, 5) is 6.94. The molecule has 0 aromatic carbocycles. The summed E-state index contributed by atoms with van der Waals surface area (Å²) in [5.41, 5.74) is 2.79. The number of hydrazine groups is 1. The van der Waals surface area contributed by atoms with Crippen LogP contribution in [-0.4, -0.2) is 30.0 Å². The molecule has 0 aliphatic carbocycles. The molecule has 0 spiro atoms. The number of hydrogen-bond donors (Lipinski definition) is 2. The van der Waals surface area contributed by atoms with E-state index in [1.54, 1.807) is 0 Å². The van der Waals surface area contributed by atoms with E-state index >= 15 is 0 Å². The number of nitrogens with zero attached hydrogens (tertiary/aromatic N) is 2. The molecule has 3 N–H and O–H groups in total. The fourth-order valence-corrected chi connectivity index (χ4v) is 2.09. The van der Waals surface area contributed by atoms with Crippen LogP contribution < -0.4 is 11.3 Å². The summed E-state index contributed by atoms with van der Waals surface area (Å²) in [6.07, 6.45) is 4.52. The van der Waals surface area contributed by atoms with E-state index in [1.165, 1.54) is 0 Å². The number of rotatable bonds is 8. The Hall–Kier alpha value is -0.770. The third-order valence-corrected chi connectivity index (χ3v) is 3.12. The van der Waals surface area contributed by atoms with E-state index in [9.17, 15) is 0 Å². The smallest absolute Gasteiger partial charge is 0.208 e. The summed E-state index contributed by atoms with van der Waals surface area (Å²) < 4.78 is 0. The Kier molecular flexibility index (Phi) is 9.74. The van der Waals surface area contributed by atoms with Crippen molar-refractivity contribution in [1.82, 2.24) is 10.3 Å². The summed E-state index contributed by atoms with van der Waals surface area (Å²) in [5, 5.41) is 0. The summed E-state index contributed by atoms with van der Waals surface area (Å²) in [5.74, 6) is 7.12. The standard InChI is InChI=1S/C14H32N4/c1-6-9-10-16-14(17-15)18(11-12(4)5)13(7-2)8-3/h12-13H,6-11,15H2,1-5H3,(H,16,17). The van der Waals surface area contributed by atoms with Crippen LogP contribution in [0.4, 0.5) is 0 Å². The lowest BCUT2D eigenvalue weighted by Gasteiger charge is -2.34. The van der Waals surface area contributed by atoms with E-state index in [2.05, 4.69) is 49.9 Å². The van der Waals surface area contributed by atoms with Crippen LogP contribution in [0.5, 0.6) is 0 Å². The number of hydrogen-bond acceptors (Lipinski definition) is 2. The molecule has 0 fully saturated rings. The van der Waals surface area contributed by atoms with Crippen LogP contribution in [0.15, 0.2) is 4.99 Å². The van der Waals surface area contributed by atoms with Crippen LogP contribution >= 0.6 is 0 Å². The fraction of sp³-hybridized carbons (Fsp3) is 0.929. The Morgan fingerprint density at radius 2 is 1.83 bits per heavy atom. The van der Waals surface area contributed by atoms with Crippen molar-refractivity contribution in [2.75, 3.05) is 13.1 Å². The zero-order chi connectivity index (χ0) is 14.0. The number of unbranched alkanes of at least 4 members (excludes halogenated alkanes) is 1. The first-order chi connectivity index (χ1) is 8.60. The first-order valence-electron chi connectivity index (χ1n) is 7.38. The summed E-state index contributed by atoms with van der Waals surface area (Å²) >= 11 is 0. The van der Waals surface area contributed by atoms with Crippen LogP contribution in [0.1, 0.15) is 60.3 Å². The first kappa shape index (κ1) is 17.2. The third-order valence-electron chi connectivity index (χ3n) is 3.12. The average molecular weight is 256 g/mol. The first-order valence-corrected chi connectivity index (χ1v) is 7.38. The van der Waals surface area contributed by atoms with Crippen molar-refractivity contribution in [3.05, 3.63) is 0 Å². The molecule has 0 aliphatic heterocycles. The van der Waals surface area contributed by atoms with Gasteiger partial charge >= 0.3 is 0 Å². The van der Waals surface area contributed by atoms with Crippen LogP contribution in [0.3, 0.4) is 0 Å². The molecule has 0 saturated carbocycles. The molecule has 0 aromatic rings. The lowest BCUT2D eigenvalue weighted by atomic mass is 10.1. The SMILES string of the molecule is CCCCN=C(NN)N(CC(C)C)C(CC)CC. The Balaban J connectivity index is 4.81. The largest absolute Gasteiger partial charge is 0.339 e. The van der Waals surface area contributed by atoms with Gasteiger partial charge in [0.15, 0.2) is 0 Å².